The zero-order chi connectivity index (χ0) is 11.1. The molecule has 0 saturated carbocycles. The number of likely N-dealkylation sites (tertiary alicyclic amines) is 2. The molecule has 2 unspecified atom stereocenters. The van der Waals surface area contributed by atoms with Crippen molar-refractivity contribution in [3.63, 3.8) is 0 Å². The molecule has 2 heterocycles. The molecule has 0 N–H and O–H groups in total. The fourth-order valence-electron chi connectivity index (χ4n) is 2.96. The molecule has 86 valence electrons. The molecule has 0 aromatic rings. The van der Waals surface area contributed by atoms with Gasteiger partial charge in [-0.2, -0.15) is 0 Å². The summed E-state index contributed by atoms with van der Waals surface area (Å²) in [4.78, 5) is 4.75. The zero-order valence-corrected chi connectivity index (χ0v) is 10.1. The average molecular weight is 210 g/mol. The second-order valence-electron chi connectivity index (χ2n) is 4.99. The van der Waals surface area contributed by atoms with Crippen molar-refractivity contribution in [2.75, 3.05) is 33.8 Å². The molecular formula is C12H22N2O. The summed E-state index contributed by atoms with van der Waals surface area (Å²) < 4.78 is 5.83. The van der Waals surface area contributed by atoms with Gasteiger partial charge in [0.25, 0.3) is 0 Å². The number of rotatable bonds is 3. The van der Waals surface area contributed by atoms with E-state index in [0.717, 1.165) is 26.1 Å². The Hall–Kier alpha value is -0.540. The van der Waals surface area contributed by atoms with Gasteiger partial charge in [0.05, 0.1) is 6.04 Å². The van der Waals surface area contributed by atoms with E-state index in [9.17, 15) is 0 Å². The number of allylic oxidation sites excluding steroid dienone is 1. The Morgan fingerprint density at radius 1 is 1.47 bits per heavy atom. The normalized spacial score (nSPS) is 36.7. The van der Waals surface area contributed by atoms with E-state index in [4.69, 9.17) is 4.74 Å². The second kappa shape index (κ2) is 3.80. The van der Waals surface area contributed by atoms with Crippen LogP contribution in [0.15, 0.2) is 12.3 Å². The zero-order valence-electron chi connectivity index (χ0n) is 10.1. The third kappa shape index (κ3) is 1.68. The molecule has 2 aliphatic heterocycles. The minimum atomic E-state index is 0.0476. The van der Waals surface area contributed by atoms with Gasteiger partial charge in [-0.25, -0.2) is 0 Å². The predicted octanol–water partition coefficient (Wildman–Crippen LogP) is 1.31. The summed E-state index contributed by atoms with van der Waals surface area (Å²) in [6, 6.07) is 0.546. The van der Waals surface area contributed by atoms with Crippen molar-refractivity contribution in [1.29, 1.82) is 0 Å². The highest BCUT2D eigenvalue weighted by Gasteiger charge is 2.49. The van der Waals surface area contributed by atoms with Crippen molar-refractivity contribution in [1.82, 2.24) is 9.80 Å². The fourth-order valence-corrected chi connectivity index (χ4v) is 2.96. The topological polar surface area (TPSA) is 15.7 Å². The Morgan fingerprint density at radius 3 is 2.53 bits per heavy atom. The molecule has 2 fully saturated rings. The number of likely N-dealkylation sites (N-methyl/N-ethyl adjacent to an activating group) is 1. The van der Waals surface area contributed by atoms with Crippen LogP contribution in [0.1, 0.15) is 19.8 Å². The highest BCUT2D eigenvalue weighted by Crippen LogP contribution is 2.38. The van der Waals surface area contributed by atoms with Crippen molar-refractivity contribution in [2.45, 2.75) is 31.4 Å². The fraction of sp³-hybridized carbons (Fsp3) is 0.833. The molecule has 0 aromatic heterocycles. The molecule has 2 saturated heterocycles. The van der Waals surface area contributed by atoms with Crippen LogP contribution in [0.5, 0.6) is 0 Å². The van der Waals surface area contributed by atoms with Crippen LogP contribution in [-0.2, 0) is 4.74 Å². The molecule has 3 heteroatoms. The van der Waals surface area contributed by atoms with Crippen molar-refractivity contribution in [3.8, 4) is 0 Å². The molecular weight excluding hydrogens is 188 g/mol. The van der Waals surface area contributed by atoms with E-state index in [1.165, 1.54) is 12.1 Å². The Bertz CT molecular complexity index is 266. The first-order valence-electron chi connectivity index (χ1n) is 5.75. The summed E-state index contributed by atoms with van der Waals surface area (Å²) in [5.74, 6) is 0. The highest BCUT2D eigenvalue weighted by atomic mass is 16.5. The lowest BCUT2D eigenvalue weighted by atomic mass is 9.83. The monoisotopic (exact) mass is 210 g/mol. The average Bonchev–Trinajstić information content (AvgIpc) is 2.45. The Morgan fingerprint density at radius 2 is 2.20 bits per heavy atom. The second-order valence-corrected chi connectivity index (χ2v) is 4.99. The molecule has 0 aliphatic carbocycles. The maximum absolute atomic E-state index is 5.83. The molecule has 2 atom stereocenters. The predicted molar refractivity (Wildman–Crippen MR) is 61.8 cm³/mol. The van der Waals surface area contributed by atoms with Crippen LogP contribution in [0.25, 0.3) is 0 Å². The summed E-state index contributed by atoms with van der Waals surface area (Å²) >= 11 is 0. The SMILES string of the molecule is C=C(C)N1CCC1C1(OC)CCN(C)C1. The van der Waals surface area contributed by atoms with Gasteiger partial charge in [0, 0.05) is 32.4 Å². The molecule has 2 aliphatic rings. The lowest BCUT2D eigenvalue weighted by molar-refractivity contribution is -0.0958. The summed E-state index contributed by atoms with van der Waals surface area (Å²) in [6.07, 6.45) is 2.39. The van der Waals surface area contributed by atoms with Gasteiger partial charge in [-0.15, -0.1) is 0 Å². The van der Waals surface area contributed by atoms with Crippen molar-refractivity contribution < 1.29 is 4.74 Å². The number of hydrogen-bond donors (Lipinski definition) is 0. The molecule has 0 aromatic carbocycles. The Kier molecular flexibility index (Phi) is 2.77. The van der Waals surface area contributed by atoms with Crippen LogP contribution in [0.3, 0.4) is 0 Å². The van der Waals surface area contributed by atoms with Gasteiger partial charge in [0.2, 0.25) is 0 Å². The van der Waals surface area contributed by atoms with Crippen LogP contribution in [0.4, 0.5) is 0 Å². The molecule has 0 radical (unpaired) electrons. The maximum Gasteiger partial charge on any atom is 0.102 e. The molecule has 0 amide bonds. The van der Waals surface area contributed by atoms with E-state index in [0.29, 0.717) is 6.04 Å². The molecule has 0 spiro atoms. The third-order valence-electron chi connectivity index (χ3n) is 3.98. The van der Waals surface area contributed by atoms with E-state index in [1.54, 1.807) is 0 Å². The van der Waals surface area contributed by atoms with E-state index >= 15 is 0 Å². The number of hydrogen-bond acceptors (Lipinski definition) is 3. The molecule has 2 rings (SSSR count). The van der Waals surface area contributed by atoms with Crippen LogP contribution in [0, 0.1) is 0 Å². The Balaban J connectivity index is 2.10. The van der Waals surface area contributed by atoms with Crippen LogP contribution in [0.2, 0.25) is 0 Å². The largest absolute Gasteiger partial charge is 0.375 e. The number of methoxy groups -OCH3 is 1. The van der Waals surface area contributed by atoms with Gasteiger partial charge in [-0.1, -0.05) is 6.58 Å². The first kappa shape index (κ1) is 11.0. The van der Waals surface area contributed by atoms with Crippen LogP contribution < -0.4 is 0 Å². The molecule has 15 heavy (non-hydrogen) atoms. The first-order chi connectivity index (χ1) is 7.09. The molecule has 3 nitrogen and oxygen atoms in total. The van der Waals surface area contributed by atoms with E-state index in [1.807, 2.05) is 7.11 Å². The highest BCUT2D eigenvalue weighted by molar-refractivity contribution is 5.10. The quantitative estimate of drug-likeness (QED) is 0.698. The summed E-state index contributed by atoms with van der Waals surface area (Å²) in [5.41, 5.74) is 1.23. The van der Waals surface area contributed by atoms with Crippen LogP contribution in [-0.4, -0.2) is 55.2 Å². The summed E-state index contributed by atoms with van der Waals surface area (Å²) in [7, 11) is 4.03. The van der Waals surface area contributed by atoms with Crippen molar-refractivity contribution in [2.24, 2.45) is 0 Å². The Labute approximate surface area is 92.7 Å². The first-order valence-corrected chi connectivity index (χ1v) is 5.75. The minimum absolute atomic E-state index is 0.0476. The summed E-state index contributed by atoms with van der Waals surface area (Å²) in [5, 5.41) is 0. The standard InChI is InChI=1S/C12H22N2O/c1-10(2)14-7-5-11(14)12(15-4)6-8-13(3)9-12/h11H,1,5-9H2,2-4H3. The van der Waals surface area contributed by atoms with E-state index in [2.05, 4.69) is 30.4 Å². The van der Waals surface area contributed by atoms with E-state index in [-0.39, 0.29) is 5.60 Å². The van der Waals surface area contributed by atoms with Gasteiger partial charge in [-0.05, 0) is 26.8 Å². The maximum atomic E-state index is 5.83. The smallest absolute Gasteiger partial charge is 0.102 e. The van der Waals surface area contributed by atoms with Crippen LogP contribution >= 0.6 is 0 Å². The summed E-state index contributed by atoms with van der Waals surface area (Å²) in [6.45, 7) is 9.48. The minimum Gasteiger partial charge on any atom is -0.375 e. The third-order valence-corrected chi connectivity index (χ3v) is 3.98. The lowest BCUT2D eigenvalue weighted by Crippen LogP contribution is -2.61. The van der Waals surface area contributed by atoms with Gasteiger partial charge < -0.3 is 14.5 Å². The van der Waals surface area contributed by atoms with Crippen molar-refractivity contribution in [3.05, 3.63) is 12.3 Å². The van der Waals surface area contributed by atoms with Gasteiger partial charge in [-0.3, -0.25) is 0 Å². The van der Waals surface area contributed by atoms with Gasteiger partial charge in [0.15, 0.2) is 0 Å². The molecule has 0 bridgehead atoms. The number of ether oxygens (including phenoxy) is 1. The number of nitrogens with zero attached hydrogens (tertiary/aromatic N) is 2. The lowest BCUT2D eigenvalue weighted by Gasteiger charge is -2.51. The van der Waals surface area contributed by atoms with Crippen molar-refractivity contribution >= 4 is 0 Å². The van der Waals surface area contributed by atoms with Gasteiger partial charge in [0.1, 0.15) is 5.60 Å². The van der Waals surface area contributed by atoms with E-state index < -0.39 is 0 Å². The van der Waals surface area contributed by atoms with Gasteiger partial charge >= 0.3 is 0 Å².